The Balaban J connectivity index is 1.50. The van der Waals surface area contributed by atoms with Gasteiger partial charge in [-0.25, -0.2) is 9.78 Å². The highest BCUT2D eigenvalue weighted by molar-refractivity contribution is 7.22. The van der Waals surface area contributed by atoms with E-state index >= 15 is 0 Å². The second kappa shape index (κ2) is 10.4. The van der Waals surface area contributed by atoms with Gasteiger partial charge in [0.05, 0.1) is 41.1 Å². The molecule has 0 radical (unpaired) electrons. The molecule has 3 aromatic carbocycles. The topological polar surface area (TPSA) is 115 Å². The van der Waals surface area contributed by atoms with Crippen molar-refractivity contribution in [3.05, 3.63) is 88.5 Å². The minimum absolute atomic E-state index is 0.00331. The van der Waals surface area contributed by atoms with E-state index in [-0.39, 0.29) is 17.4 Å². The molecule has 1 saturated heterocycles. The van der Waals surface area contributed by atoms with Gasteiger partial charge >= 0.3 is 11.9 Å². The van der Waals surface area contributed by atoms with Gasteiger partial charge in [0.1, 0.15) is 23.4 Å². The summed E-state index contributed by atoms with van der Waals surface area (Å²) in [7, 11) is 1.29. The number of Topliss-reactive ketones (excluding diaryl/α,β-unsaturated/α-hetero) is 1. The molecular weight excluding hydrogens is 544 g/mol. The molecule has 1 N–H and O–H groups in total. The molecule has 0 aliphatic carbocycles. The predicted molar refractivity (Wildman–Crippen MR) is 154 cm³/mol. The number of rotatable bonds is 6. The SMILES string of the molecule is CCOc1ccc2nc(N3C(=O)C(=O)/C(=C(/O)c4ccc5c(c4)C[C@H](C)O5)[C@H]3c3ccc(C(=O)OC)cc3)sc2c1. The third-order valence-corrected chi connectivity index (χ3v) is 8.14. The molecule has 208 valence electrons. The van der Waals surface area contributed by atoms with E-state index in [4.69, 9.17) is 14.2 Å². The molecule has 0 spiro atoms. The monoisotopic (exact) mass is 570 g/mol. The maximum Gasteiger partial charge on any atom is 0.337 e. The number of aliphatic hydroxyl groups excluding tert-OH is 1. The van der Waals surface area contributed by atoms with Crippen molar-refractivity contribution in [3.63, 3.8) is 0 Å². The molecule has 2 aliphatic heterocycles. The molecule has 1 amide bonds. The van der Waals surface area contributed by atoms with E-state index in [0.29, 0.717) is 46.1 Å². The second-order valence-corrected chi connectivity index (χ2v) is 10.8. The molecule has 1 fully saturated rings. The van der Waals surface area contributed by atoms with Crippen LogP contribution in [0.2, 0.25) is 0 Å². The summed E-state index contributed by atoms with van der Waals surface area (Å²) >= 11 is 1.24. The number of hydrogen-bond acceptors (Lipinski definition) is 9. The van der Waals surface area contributed by atoms with Crippen LogP contribution >= 0.6 is 11.3 Å². The molecule has 2 aliphatic rings. The zero-order chi connectivity index (χ0) is 28.8. The molecule has 4 aromatic rings. The molecule has 0 saturated carbocycles. The number of ether oxygens (including phenoxy) is 3. The molecule has 0 unspecified atom stereocenters. The third-order valence-electron chi connectivity index (χ3n) is 7.13. The number of fused-ring (bicyclic) bond motifs is 2. The summed E-state index contributed by atoms with van der Waals surface area (Å²) in [5, 5.41) is 11.8. The quantitative estimate of drug-likeness (QED) is 0.141. The van der Waals surface area contributed by atoms with Crippen LogP contribution in [0.5, 0.6) is 11.5 Å². The van der Waals surface area contributed by atoms with Crippen LogP contribution in [0, 0.1) is 0 Å². The Morgan fingerprint density at radius 3 is 2.59 bits per heavy atom. The first-order valence-electron chi connectivity index (χ1n) is 13.1. The number of thiazole rings is 1. The number of esters is 1. The van der Waals surface area contributed by atoms with Crippen molar-refractivity contribution < 1.29 is 33.7 Å². The van der Waals surface area contributed by atoms with Crippen LogP contribution in [0.25, 0.3) is 16.0 Å². The van der Waals surface area contributed by atoms with Crippen molar-refractivity contribution in [2.24, 2.45) is 0 Å². The molecule has 9 nitrogen and oxygen atoms in total. The molecule has 41 heavy (non-hydrogen) atoms. The van der Waals surface area contributed by atoms with Gasteiger partial charge in [-0.15, -0.1) is 0 Å². The number of amides is 1. The van der Waals surface area contributed by atoms with Crippen LogP contribution in [0.3, 0.4) is 0 Å². The fourth-order valence-electron chi connectivity index (χ4n) is 5.24. The number of methoxy groups -OCH3 is 1. The van der Waals surface area contributed by atoms with E-state index in [1.165, 1.54) is 23.3 Å². The number of aromatic nitrogens is 1. The minimum Gasteiger partial charge on any atom is -0.507 e. The zero-order valence-electron chi connectivity index (χ0n) is 22.5. The summed E-state index contributed by atoms with van der Waals surface area (Å²) in [5.74, 6) is -1.06. The van der Waals surface area contributed by atoms with E-state index in [1.54, 1.807) is 54.6 Å². The number of carbonyl (C=O) groups is 3. The fourth-order valence-corrected chi connectivity index (χ4v) is 6.26. The lowest BCUT2D eigenvalue weighted by Crippen LogP contribution is -2.29. The maximum absolute atomic E-state index is 13.6. The highest BCUT2D eigenvalue weighted by atomic mass is 32.1. The van der Waals surface area contributed by atoms with Gasteiger partial charge in [0.25, 0.3) is 5.78 Å². The predicted octanol–water partition coefficient (Wildman–Crippen LogP) is 5.43. The van der Waals surface area contributed by atoms with Crippen LogP contribution in [-0.4, -0.2) is 47.6 Å². The summed E-state index contributed by atoms with van der Waals surface area (Å²) in [6.45, 7) is 4.35. The van der Waals surface area contributed by atoms with Gasteiger partial charge in [-0.1, -0.05) is 23.5 Å². The molecule has 6 rings (SSSR count). The van der Waals surface area contributed by atoms with E-state index in [9.17, 15) is 19.5 Å². The standard InChI is InChI=1S/C31H26N2O7S/c1-4-39-21-10-11-22-24(15-21)41-31(32-22)33-26(17-5-7-18(8-6-17)30(37)38-3)25(28(35)29(33)36)27(34)19-9-12-23-20(14-19)13-16(2)40-23/h5-12,14-16,26,34H,4,13H2,1-3H3/b27-25+/t16-,26+/m0/s1. The van der Waals surface area contributed by atoms with Crippen LogP contribution in [0.4, 0.5) is 5.13 Å². The van der Waals surface area contributed by atoms with Gasteiger partial charge in [0.15, 0.2) is 5.13 Å². The van der Waals surface area contributed by atoms with E-state index in [1.807, 2.05) is 19.9 Å². The summed E-state index contributed by atoms with van der Waals surface area (Å²) in [5.41, 5.74) is 2.72. The first-order chi connectivity index (χ1) is 19.8. The average Bonchev–Trinajstić information content (AvgIpc) is 3.64. The van der Waals surface area contributed by atoms with Gasteiger partial charge in [-0.2, -0.15) is 0 Å². The number of carbonyl (C=O) groups excluding carboxylic acids is 3. The lowest BCUT2D eigenvalue weighted by Gasteiger charge is -2.23. The number of nitrogens with zero attached hydrogens (tertiary/aromatic N) is 2. The van der Waals surface area contributed by atoms with E-state index in [2.05, 4.69) is 4.98 Å². The van der Waals surface area contributed by atoms with Crippen molar-refractivity contribution in [2.75, 3.05) is 18.6 Å². The van der Waals surface area contributed by atoms with Crippen molar-refractivity contribution >= 4 is 50.1 Å². The van der Waals surface area contributed by atoms with Gasteiger partial charge in [0.2, 0.25) is 0 Å². The number of hydrogen-bond donors (Lipinski definition) is 1. The first kappa shape index (κ1) is 26.5. The normalized spacial score (nSPS) is 19.3. The number of anilines is 1. The van der Waals surface area contributed by atoms with Gasteiger partial charge in [-0.3, -0.25) is 14.5 Å². The van der Waals surface area contributed by atoms with Crippen molar-refractivity contribution in [1.29, 1.82) is 0 Å². The maximum atomic E-state index is 13.6. The fraction of sp³-hybridized carbons (Fsp3) is 0.226. The van der Waals surface area contributed by atoms with Crippen LogP contribution < -0.4 is 14.4 Å². The number of benzene rings is 3. The van der Waals surface area contributed by atoms with Crippen LogP contribution in [0.1, 0.15) is 46.9 Å². The van der Waals surface area contributed by atoms with Crippen LogP contribution in [-0.2, 0) is 20.7 Å². The Morgan fingerprint density at radius 1 is 1.10 bits per heavy atom. The molecule has 0 bridgehead atoms. The van der Waals surface area contributed by atoms with Crippen molar-refractivity contribution in [2.45, 2.75) is 32.4 Å². The summed E-state index contributed by atoms with van der Waals surface area (Å²) in [6.07, 6.45) is 0.669. The Labute approximate surface area is 239 Å². The first-order valence-corrected chi connectivity index (χ1v) is 13.9. The molecular formula is C31H26N2O7S. The third kappa shape index (κ3) is 4.59. The Morgan fingerprint density at radius 2 is 1.85 bits per heavy atom. The zero-order valence-corrected chi connectivity index (χ0v) is 23.4. The molecule has 10 heteroatoms. The lowest BCUT2D eigenvalue weighted by molar-refractivity contribution is -0.132. The minimum atomic E-state index is -0.989. The van der Waals surface area contributed by atoms with Crippen molar-refractivity contribution in [3.8, 4) is 11.5 Å². The molecule has 2 atom stereocenters. The largest absolute Gasteiger partial charge is 0.507 e. The average molecular weight is 571 g/mol. The summed E-state index contributed by atoms with van der Waals surface area (Å²) in [4.78, 5) is 45.2. The molecule has 1 aromatic heterocycles. The lowest BCUT2D eigenvalue weighted by atomic mass is 9.94. The smallest absolute Gasteiger partial charge is 0.337 e. The Bertz CT molecular complexity index is 1740. The van der Waals surface area contributed by atoms with Crippen LogP contribution in [0.15, 0.2) is 66.2 Å². The Kier molecular flexibility index (Phi) is 6.70. The highest BCUT2D eigenvalue weighted by Gasteiger charge is 2.48. The molecule has 3 heterocycles. The Hall–Kier alpha value is -4.70. The second-order valence-electron chi connectivity index (χ2n) is 9.80. The van der Waals surface area contributed by atoms with Gasteiger partial charge < -0.3 is 19.3 Å². The van der Waals surface area contributed by atoms with Crippen molar-refractivity contribution in [1.82, 2.24) is 4.98 Å². The summed E-state index contributed by atoms with van der Waals surface area (Å²) < 4.78 is 17.0. The van der Waals surface area contributed by atoms with Gasteiger partial charge in [0, 0.05) is 12.0 Å². The summed E-state index contributed by atoms with van der Waals surface area (Å²) in [6, 6.07) is 16.1. The highest BCUT2D eigenvalue weighted by Crippen LogP contribution is 2.45. The van der Waals surface area contributed by atoms with E-state index < -0.39 is 23.7 Å². The van der Waals surface area contributed by atoms with E-state index in [0.717, 1.165) is 16.0 Å². The number of aliphatic hydroxyl groups is 1. The number of ketones is 1. The van der Waals surface area contributed by atoms with Gasteiger partial charge in [-0.05, 0) is 73.5 Å².